The van der Waals surface area contributed by atoms with Crippen molar-refractivity contribution in [2.75, 3.05) is 18.1 Å². The Morgan fingerprint density at radius 1 is 1.47 bits per heavy atom. The van der Waals surface area contributed by atoms with Crippen LogP contribution < -0.4 is 4.90 Å². The highest BCUT2D eigenvalue weighted by Gasteiger charge is 2.55. The van der Waals surface area contributed by atoms with Gasteiger partial charge in [0.15, 0.2) is 0 Å². The number of ether oxygens (including phenoxy) is 1. The normalized spacial score (nSPS) is 25.9. The zero-order chi connectivity index (χ0) is 14.2. The van der Waals surface area contributed by atoms with Crippen molar-refractivity contribution in [3.63, 3.8) is 0 Å². The first-order chi connectivity index (χ1) is 8.88. The molecule has 0 aliphatic carbocycles. The first kappa shape index (κ1) is 13.7. The van der Waals surface area contributed by atoms with Gasteiger partial charge in [-0.25, -0.2) is 8.78 Å². The molecule has 1 aliphatic heterocycles. The maximum absolute atomic E-state index is 13.1. The molecular formula is C13H15F2NO3. The highest BCUT2D eigenvalue weighted by Crippen LogP contribution is 2.40. The zero-order valence-electron chi connectivity index (χ0n) is 10.7. The molecule has 1 N–H and O–H groups in total. The summed E-state index contributed by atoms with van der Waals surface area (Å²) in [5.74, 6) is -1.98. The van der Waals surface area contributed by atoms with Gasteiger partial charge in [0.05, 0.1) is 6.61 Å². The van der Waals surface area contributed by atoms with E-state index in [1.807, 2.05) is 0 Å². The smallest absolute Gasteiger partial charge is 0.318 e. The van der Waals surface area contributed by atoms with Gasteiger partial charge in [-0.3, -0.25) is 4.79 Å². The second-order valence-corrected chi connectivity index (χ2v) is 4.77. The molecule has 19 heavy (non-hydrogen) atoms. The van der Waals surface area contributed by atoms with Crippen molar-refractivity contribution in [1.82, 2.24) is 0 Å². The van der Waals surface area contributed by atoms with Gasteiger partial charge in [0.2, 0.25) is 0 Å². The van der Waals surface area contributed by atoms with Crippen LogP contribution in [0, 0.1) is 17.0 Å². The number of aliphatic hydroxyl groups excluding tert-OH is 1. The van der Waals surface area contributed by atoms with Crippen molar-refractivity contribution in [3.8, 4) is 0 Å². The summed E-state index contributed by atoms with van der Waals surface area (Å²) < 4.78 is 31.1. The van der Waals surface area contributed by atoms with Crippen LogP contribution in [0.2, 0.25) is 0 Å². The molecule has 1 aliphatic rings. The molecular weight excluding hydrogens is 256 g/mol. The summed E-state index contributed by atoms with van der Waals surface area (Å²) >= 11 is 0. The molecule has 1 heterocycles. The first-order valence-electron chi connectivity index (χ1n) is 5.96. The molecule has 0 saturated carbocycles. The van der Waals surface area contributed by atoms with Crippen molar-refractivity contribution in [2.45, 2.75) is 20.1 Å². The molecule has 0 radical (unpaired) electrons. The van der Waals surface area contributed by atoms with Gasteiger partial charge >= 0.3 is 5.97 Å². The average Bonchev–Trinajstić information content (AvgIpc) is 2.34. The molecule has 2 rings (SSSR count). The molecule has 0 amide bonds. The fourth-order valence-corrected chi connectivity index (χ4v) is 2.16. The average molecular weight is 271 g/mol. The molecule has 1 aromatic carbocycles. The van der Waals surface area contributed by atoms with Crippen molar-refractivity contribution in [2.24, 2.45) is 5.41 Å². The number of esters is 1. The Morgan fingerprint density at radius 3 is 2.53 bits per heavy atom. The number of hydrogen-bond acceptors (Lipinski definition) is 4. The van der Waals surface area contributed by atoms with Crippen molar-refractivity contribution in [3.05, 3.63) is 29.8 Å². The van der Waals surface area contributed by atoms with Gasteiger partial charge in [0, 0.05) is 18.3 Å². The lowest BCUT2D eigenvalue weighted by Gasteiger charge is -2.51. The van der Waals surface area contributed by atoms with Crippen molar-refractivity contribution >= 4 is 11.7 Å². The number of carbonyl (C=O) groups excluding carboxylic acids is 1. The summed E-state index contributed by atoms with van der Waals surface area (Å²) in [4.78, 5) is 13.1. The molecule has 1 fully saturated rings. The standard InChI is InChI=1S/C13H15F2NO3/c1-3-19-12(18)13(2)7-16(11(13)17)10-5-8(14)4-9(15)6-10/h4-6,11,17H,3,7H2,1-2H3. The molecule has 0 spiro atoms. The topological polar surface area (TPSA) is 49.8 Å². The Morgan fingerprint density at radius 2 is 2.05 bits per heavy atom. The highest BCUT2D eigenvalue weighted by atomic mass is 19.1. The Labute approximate surface area is 109 Å². The number of benzene rings is 1. The largest absolute Gasteiger partial charge is 0.465 e. The van der Waals surface area contributed by atoms with E-state index >= 15 is 0 Å². The predicted octanol–water partition coefficient (Wildman–Crippen LogP) is 1.67. The number of nitrogens with zero attached hydrogens (tertiary/aromatic N) is 1. The van der Waals surface area contributed by atoms with Crippen LogP contribution in [-0.4, -0.2) is 30.5 Å². The lowest BCUT2D eigenvalue weighted by atomic mass is 9.79. The molecule has 0 aromatic heterocycles. The van der Waals surface area contributed by atoms with Crippen LogP contribution in [-0.2, 0) is 9.53 Å². The molecule has 1 aromatic rings. The predicted molar refractivity (Wildman–Crippen MR) is 64.5 cm³/mol. The minimum atomic E-state index is -1.16. The van der Waals surface area contributed by atoms with E-state index in [4.69, 9.17) is 4.74 Å². The Hall–Kier alpha value is -1.69. The molecule has 1 saturated heterocycles. The van der Waals surface area contributed by atoms with Gasteiger partial charge in [0.25, 0.3) is 0 Å². The fraction of sp³-hybridized carbons (Fsp3) is 0.462. The summed E-state index contributed by atoms with van der Waals surface area (Å²) in [7, 11) is 0. The summed E-state index contributed by atoms with van der Waals surface area (Å²) in [5.41, 5.74) is -0.870. The number of hydrogen-bond donors (Lipinski definition) is 1. The van der Waals surface area contributed by atoms with E-state index in [-0.39, 0.29) is 18.8 Å². The van der Waals surface area contributed by atoms with E-state index in [2.05, 4.69) is 0 Å². The third-order valence-electron chi connectivity index (χ3n) is 3.28. The molecule has 4 nitrogen and oxygen atoms in total. The lowest BCUT2D eigenvalue weighted by molar-refractivity contribution is -0.168. The van der Waals surface area contributed by atoms with Crippen molar-refractivity contribution in [1.29, 1.82) is 0 Å². The number of halogens is 2. The quantitative estimate of drug-likeness (QED) is 0.850. The van der Waals surface area contributed by atoms with Gasteiger partial charge in [0.1, 0.15) is 23.3 Å². The molecule has 2 unspecified atom stereocenters. The van der Waals surface area contributed by atoms with E-state index in [0.29, 0.717) is 0 Å². The molecule has 0 bridgehead atoms. The fourth-order valence-electron chi connectivity index (χ4n) is 2.16. The third kappa shape index (κ3) is 2.28. The van der Waals surface area contributed by atoms with Gasteiger partial charge < -0.3 is 14.7 Å². The molecule has 6 heteroatoms. The second-order valence-electron chi connectivity index (χ2n) is 4.77. The Kier molecular flexibility index (Phi) is 3.45. The third-order valence-corrected chi connectivity index (χ3v) is 3.28. The summed E-state index contributed by atoms with van der Waals surface area (Å²) in [6.07, 6.45) is -1.16. The van der Waals surface area contributed by atoms with Crippen LogP contribution in [0.25, 0.3) is 0 Å². The van der Waals surface area contributed by atoms with Gasteiger partial charge in [-0.05, 0) is 26.0 Å². The van der Waals surface area contributed by atoms with E-state index in [9.17, 15) is 18.7 Å². The zero-order valence-corrected chi connectivity index (χ0v) is 10.7. The minimum Gasteiger partial charge on any atom is -0.465 e. The van der Waals surface area contributed by atoms with Gasteiger partial charge in [-0.1, -0.05) is 0 Å². The van der Waals surface area contributed by atoms with E-state index < -0.39 is 29.2 Å². The maximum Gasteiger partial charge on any atom is 0.318 e. The van der Waals surface area contributed by atoms with Crippen molar-refractivity contribution < 1.29 is 23.4 Å². The van der Waals surface area contributed by atoms with Gasteiger partial charge in [-0.2, -0.15) is 0 Å². The second kappa shape index (κ2) is 4.77. The summed E-state index contributed by atoms with van der Waals surface area (Å²) in [5, 5.41) is 10.0. The Bertz CT molecular complexity index is 488. The number of aliphatic hydroxyl groups is 1. The molecule has 2 atom stereocenters. The Balaban J connectivity index is 2.17. The maximum atomic E-state index is 13.1. The number of rotatable bonds is 3. The van der Waals surface area contributed by atoms with Crippen LogP contribution in [0.1, 0.15) is 13.8 Å². The number of anilines is 1. The molecule has 104 valence electrons. The van der Waals surface area contributed by atoms with Crippen LogP contribution in [0.15, 0.2) is 18.2 Å². The first-order valence-corrected chi connectivity index (χ1v) is 5.96. The summed E-state index contributed by atoms with van der Waals surface area (Å²) in [6, 6.07) is 2.97. The minimum absolute atomic E-state index is 0.149. The van der Waals surface area contributed by atoms with Crippen LogP contribution in [0.4, 0.5) is 14.5 Å². The van der Waals surface area contributed by atoms with E-state index in [1.54, 1.807) is 13.8 Å². The van der Waals surface area contributed by atoms with E-state index in [0.717, 1.165) is 18.2 Å². The highest BCUT2D eigenvalue weighted by molar-refractivity contribution is 5.81. The van der Waals surface area contributed by atoms with Crippen LogP contribution in [0.3, 0.4) is 0 Å². The summed E-state index contributed by atoms with van der Waals surface area (Å²) in [6.45, 7) is 3.60. The van der Waals surface area contributed by atoms with Crippen LogP contribution >= 0.6 is 0 Å². The monoisotopic (exact) mass is 271 g/mol. The van der Waals surface area contributed by atoms with Crippen LogP contribution in [0.5, 0.6) is 0 Å². The van der Waals surface area contributed by atoms with Gasteiger partial charge in [-0.15, -0.1) is 0 Å². The lowest BCUT2D eigenvalue weighted by Crippen LogP contribution is -2.67. The van der Waals surface area contributed by atoms with E-state index in [1.165, 1.54) is 4.90 Å². The number of carbonyl (C=O) groups is 1. The SMILES string of the molecule is CCOC(=O)C1(C)CN(c2cc(F)cc(F)c2)C1O.